The normalized spacial score (nSPS) is 12.9. The highest BCUT2D eigenvalue weighted by Crippen LogP contribution is 2.19. The summed E-state index contributed by atoms with van der Waals surface area (Å²) in [6.45, 7) is 4.23. The van der Waals surface area contributed by atoms with Gasteiger partial charge in [-0.25, -0.2) is 0 Å². The van der Waals surface area contributed by atoms with Crippen LogP contribution in [0.3, 0.4) is 0 Å². The van der Waals surface area contributed by atoms with E-state index in [0.29, 0.717) is 13.0 Å². The molecule has 5 nitrogen and oxygen atoms in total. The molecule has 2 atom stereocenters. The summed E-state index contributed by atoms with van der Waals surface area (Å²) in [5.41, 5.74) is 1.10. The molecule has 0 aromatic heterocycles. The van der Waals surface area contributed by atoms with Crippen molar-refractivity contribution in [1.29, 1.82) is 0 Å². The van der Waals surface area contributed by atoms with Gasteiger partial charge in [0.25, 0.3) is 0 Å². The first-order valence-electron chi connectivity index (χ1n) is 12.6. The molecule has 0 heterocycles. The van der Waals surface area contributed by atoms with Crippen LogP contribution in [0, 0.1) is 0 Å². The molecular weight excluding hydrogens is 404 g/mol. The van der Waals surface area contributed by atoms with E-state index in [2.05, 4.69) is 6.92 Å². The molecule has 0 fully saturated rings. The highest BCUT2D eigenvalue weighted by atomic mass is 16.5. The zero-order valence-electron chi connectivity index (χ0n) is 20.2. The standard InChI is InChI=1S/C27H44O5/c1-3-4-5-6-7-12-18-26(32-23(2)28)19-14-9-13-17-25(20-21-27(29)30)31-22-24-15-10-8-11-16-24/h8,10-11,15-16,25-26H,3-7,9,12-14,17-22H2,1-2H3,(H,29,30). The van der Waals surface area contributed by atoms with Crippen molar-refractivity contribution in [1.82, 2.24) is 0 Å². The Morgan fingerprint density at radius 3 is 1.97 bits per heavy atom. The highest BCUT2D eigenvalue weighted by molar-refractivity contribution is 5.66. The number of benzene rings is 1. The van der Waals surface area contributed by atoms with E-state index in [-0.39, 0.29) is 24.6 Å². The Balaban J connectivity index is 2.30. The summed E-state index contributed by atoms with van der Waals surface area (Å²) in [6, 6.07) is 9.98. The number of aliphatic carboxylic acids is 1. The van der Waals surface area contributed by atoms with E-state index in [1.807, 2.05) is 30.3 Å². The number of carbonyl (C=O) groups excluding carboxylic acids is 1. The molecule has 0 amide bonds. The fraction of sp³-hybridized carbons (Fsp3) is 0.704. The van der Waals surface area contributed by atoms with Crippen LogP contribution in [-0.2, 0) is 25.7 Å². The van der Waals surface area contributed by atoms with Crippen molar-refractivity contribution >= 4 is 11.9 Å². The molecule has 5 heteroatoms. The lowest BCUT2D eigenvalue weighted by molar-refractivity contribution is -0.147. The Hall–Kier alpha value is -1.88. The van der Waals surface area contributed by atoms with Crippen LogP contribution in [0.2, 0.25) is 0 Å². The lowest BCUT2D eigenvalue weighted by Crippen LogP contribution is -2.17. The fourth-order valence-electron chi connectivity index (χ4n) is 3.95. The minimum atomic E-state index is -0.780. The van der Waals surface area contributed by atoms with Crippen LogP contribution in [0.1, 0.15) is 109 Å². The number of hydrogen-bond donors (Lipinski definition) is 1. The number of ether oxygens (including phenoxy) is 2. The molecule has 1 N–H and O–H groups in total. The number of hydrogen-bond acceptors (Lipinski definition) is 4. The molecule has 1 aromatic carbocycles. The van der Waals surface area contributed by atoms with Crippen molar-refractivity contribution in [3.05, 3.63) is 35.9 Å². The second-order valence-electron chi connectivity index (χ2n) is 8.78. The van der Waals surface area contributed by atoms with Gasteiger partial charge < -0.3 is 14.6 Å². The molecule has 0 bridgehead atoms. The summed E-state index contributed by atoms with van der Waals surface area (Å²) in [5.74, 6) is -0.971. The predicted octanol–water partition coefficient (Wildman–Crippen LogP) is 7.07. The molecule has 0 spiro atoms. The molecule has 1 rings (SSSR count). The van der Waals surface area contributed by atoms with Crippen molar-refractivity contribution in [3.8, 4) is 0 Å². The van der Waals surface area contributed by atoms with E-state index in [4.69, 9.17) is 14.6 Å². The summed E-state index contributed by atoms with van der Waals surface area (Å²) in [7, 11) is 0. The number of carbonyl (C=O) groups is 2. The number of unbranched alkanes of at least 4 members (excludes halogenated alkanes) is 7. The Kier molecular flexibility index (Phi) is 16.4. The van der Waals surface area contributed by atoms with Gasteiger partial charge in [-0.3, -0.25) is 9.59 Å². The van der Waals surface area contributed by atoms with Crippen LogP contribution in [-0.4, -0.2) is 29.3 Å². The van der Waals surface area contributed by atoms with Crippen molar-refractivity contribution in [2.24, 2.45) is 0 Å². The molecule has 32 heavy (non-hydrogen) atoms. The van der Waals surface area contributed by atoms with Gasteiger partial charge in [0.1, 0.15) is 6.10 Å². The molecule has 0 aliphatic rings. The van der Waals surface area contributed by atoms with Crippen molar-refractivity contribution < 1.29 is 24.2 Å². The van der Waals surface area contributed by atoms with Gasteiger partial charge in [0, 0.05) is 13.3 Å². The Bertz CT molecular complexity index is 601. The maximum Gasteiger partial charge on any atom is 0.303 e. The van der Waals surface area contributed by atoms with Crippen LogP contribution in [0.15, 0.2) is 30.3 Å². The second-order valence-corrected chi connectivity index (χ2v) is 8.78. The Labute approximate surface area is 194 Å². The zero-order chi connectivity index (χ0) is 23.4. The number of esters is 1. The first kappa shape index (κ1) is 28.2. The molecule has 0 saturated heterocycles. The molecule has 0 radical (unpaired) electrons. The van der Waals surface area contributed by atoms with Crippen LogP contribution in [0.5, 0.6) is 0 Å². The van der Waals surface area contributed by atoms with E-state index in [9.17, 15) is 9.59 Å². The highest BCUT2D eigenvalue weighted by Gasteiger charge is 2.14. The van der Waals surface area contributed by atoms with E-state index in [1.54, 1.807) is 0 Å². The van der Waals surface area contributed by atoms with Gasteiger partial charge in [0.15, 0.2) is 0 Å². The Morgan fingerprint density at radius 2 is 1.38 bits per heavy atom. The summed E-state index contributed by atoms with van der Waals surface area (Å²) < 4.78 is 11.5. The third-order valence-corrected chi connectivity index (χ3v) is 5.77. The van der Waals surface area contributed by atoms with Gasteiger partial charge in [0.2, 0.25) is 0 Å². The average Bonchev–Trinajstić information content (AvgIpc) is 2.77. The van der Waals surface area contributed by atoms with Gasteiger partial charge in [-0.15, -0.1) is 0 Å². The molecule has 2 unspecified atom stereocenters. The van der Waals surface area contributed by atoms with Crippen molar-refractivity contribution in [2.45, 2.75) is 123 Å². The maximum atomic E-state index is 11.4. The molecule has 1 aromatic rings. The predicted molar refractivity (Wildman–Crippen MR) is 129 cm³/mol. The topological polar surface area (TPSA) is 72.8 Å². The number of carboxylic acid groups (broad SMARTS) is 1. The molecule has 0 aliphatic heterocycles. The minimum absolute atomic E-state index is 0.0239. The quantitative estimate of drug-likeness (QED) is 0.171. The van der Waals surface area contributed by atoms with Crippen LogP contribution in [0.4, 0.5) is 0 Å². The van der Waals surface area contributed by atoms with E-state index in [0.717, 1.165) is 50.5 Å². The largest absolute Gasteiger partial charge is 0.481 e. The lowest BCUT2D eigenvalue weighted by Gasteiger charge is -2.19. The van der Waals surface area contributed by atoms with Crippen molar-refractivity contribution in [2.75, 3.05) is 0 Å². The first-order valence-corrected chi connectivity index (χ1v) is 12.6. The van der Waals surface area contributed by atoms with Gasteiger partial charge in [-0.1, -0.05) is 82.2 Å². The minimum Gasteiger partial charge on any atom is -0.481 e. The molecular formula is C27H44O5. The van der Waals surface area contributed by atoms with Crippen LogP contribution in [0.25, 0.3) is 0 Å². The van der Waals surface area contributed by atoms with Crippen LogP contribution >= 0.6 is 0 Å². The second kappa shape index (κ2) is 18.7. The molecule has 0 aliphatic carbocycles. The summed E-state index contributed by atoms with van der Waals surface area (Å²) in [4.78, 5) is 22.4. The summed E-state index contributed by atoms with van der Waals surface area (Å²) in [5, 5.41) is 9.02. The Morgan fingerprint density at radius 1 is 0.812 bits per heavy atom. The third kappa shape index (κ3) is 15.9. The number of carboxylic acids is 1. The van der Waals surface area contributed by atoms with Gasteiger partial charge in [0.05, 0.1) is 12.7 Å². The van der Waals surface area contributed by atoms with Gasteiger partial charge in [-0.05, 0) is 44.1 Å². The fourth-order valence-corrected chi connectivity index (χ4v) is 3.95. The van der Waals surface area contributed by atoms with Gasteiger partial charge >= 0.3 is 11.9 Å². The van der Waals surface area contributed by atoms with Crippen molar-refractivity contribution in [3.63, 3.8) is 0 Å². The summed E-state index contributed by atoms with van der Waals surface area (Å²) >= 11 is 0. The molecule has 182 valence electrons. The monoisotopic (exact) mass is 448 g/mol. The van der Waals surface area contributed by atoms with Gasteiger partial charge in [-0.2, -0.15) is 0 Å². The number of rotatable bonds is 20. The SMILES string of the molecule is CCCCCCCCC(CCCCCC(CCC(=O)O)OCc1ccccc1)OC(C)=O. The van der Waals surface area contributed by atoms with E-state index >= 15 is 0 Å². The summed E-state index contributed by atoms with van der Waals surface area (Å²) in [6.07, 6.45) is 13.8. The third-order valence-electron chi connectivity index (χ3n) is 5.77. The first-order chi connectivity index (χ1) is 15.5. The zero-order valence-corrected chi connectivity index (χ0v) is 20.2. The van der Waals surface area contributed by atoms with E-state index < -0.39 is 5.97 Å². The maximum absolute atomic E-state index is 11.4. The lowest BCUT2D eigenvalue weighted by atomic mass is 10.0. The smallest absolute Gasteiger partial charge is 0.303 e. The van der Waals surface area contributed by atoms with Crippen LogP contribution < -0.4 is 0 Å². The molecule has 0 saturated carbocycles. The average molecular weight is 449 g/mol. The van der Waals surface area contributed by atoms with E-state index in [1.165, 1.54) is 39.0 Å².